The first-order valence-corrected chi connectivity index (χ1v) is 10.5. The summed E-state index contributed by atoms with van der Waals surface area (Å²) in [4.78, 5) is 41.7. The number of hydrogen-bond acceptors (Lipinski definition) is 4. The quantitative estimate of drug-likeness (QED) is 0.576. The first kappa shape index (κ1) is 20.7. The molecule has 160 valence electrons. The predicted molar refractivity (Wildman–Crippen MR) is 118 cm³/mol. The lowest BCUT2D eigenvalue weighted by Gasteiger charge is -2.17. The third kappa shape index (κ3) is 4.45. The topological polar surface area (TPSA) is 91.5 Å². The minimum atomic E-state index is -0.394. The van der Waals surface area contributed by atoms with Crippen LogP contribution in [0.4, 0.5) is 5.69 Å². The van der Waals surface area contributed by atoms with Crippen molar-refractivity contribution in [1.29, 1.82) is 0 Å². The molecule has 0 unspecified atom stereocenters. The van der Waals surface area contributed by atoms with Crippen molar-refractivity contribution in [3.63, 3.8) is 0 Å². The van der Waals surface area contributed by atoms with Gasteiger partial charge in [0.15, 0.2) is 0 Å². The summed E-state index contributed by atoms with van der Waals surface area (Å²) in [6.45, 7) is 2.90. The fourth-order valence-corrected chi connectivity index (χ4v) is 3.93. The molecule has 3 aromatic rings. The molecule has 1 aliphatic heterocycles. The normalized spacial score (nSPS) is 16.0. The summed E-state index contributed by atoms with van der Waals surface area (Å²) in [6, 6.07) is 14.8. The number of fused-ring (bicyclic) bond motifs is 1. The summed E-state index contributed by atoms with van der Waals surface area (Å²) >= 11 is 0. The Balaban J connectivity index is 1.32. The van der Waals surface area contributed by atoms with Gasteiger partial charge in [-0.2, -0.15) is 0 Å². The molecule has 0 saturated carbocycles. The van der Waals surface area contributed by atoms with Crippen LogP contribution in [0.25, 0.3) is 10.9 Å². The van der Waals surface area contributed by atoms with Crippen LogP contribution in [0.2, 0.25) is 0 Å². The maximum atomic E-state index is 12.6. The van der Waals surface area contributed by atoms with Gasteiger partial charge in [0, 0.05) is 42.3 Å². The van der Waals surface area contributed by atoms with Crippen molar-refractivity contribution in [2.75, 3.05) is 24.6 Å². The molecule has 2 N–H and O–H groups in total. The van der Waals surface area contributed by atoms with Crippen molar-refractivity contribution in [3.8, 4) is 0 Å². The smallest absolute Gasteiger partial charge is 0.338 e. The van der Waals surface area contributed by atoms with Gasteiger partial charge in [-0.05, 0) is 49.2 Å². The van der Waals surface area contributed by atoms with Gasteiger partial charge in [0.1, 0.15) is 0 Å². The van der Waals surface area contributed by atoms with Gasteiger partial charge >= 0.3 is 5.97 Å². The molecule has 7 heteroatoms. The average molecular weight is 419 g/mol. The van der Waals surface area contributed by atoms with Crippen molar-refractivity contribution in [3.05, 3.63) is 65.9 Å². The summed E-state index contributed by atoms with van der Waals surface area (Å²) in [6.07, 6.45) is 2.87. The molecule has 2 amide bonds. The Morgan fingerprint density at radius 3 is 2.71 bits per heavy atom. The molecule has 0 aliphatic carbocycles. The Hall–Kier alpha value is -3.61. The Labute approximate surface area is 180 Å². The molecule has 1 aromatic heterocycles. The van der Waals surface area contributed by atoms with Crippen LogP contribution < -0.4 is 10.2 Å². The van der Waals surface area contributed by atoms with Gasteiger partial charge in [0.2, 0.25) is 11.8 Å². The molecule has 1 saturated heterocycles. The zero-order chi connectivity index (χ0) is 21.8. The molecule has 0 bridgehead atoms. The lowest BCUT2D eigenvalue weighted by molar-refractivity contribution is -0.126. The number of H-pyrrole nitrogens is 1. The number of amides is 2. The third-order valence-corrected chi connectivity index (χ3v) is 5.55. The number of hydrogen-bond donors (Lipinski definition) is 2. The van der Waals surface area contributed by atoms with Crippen molar-refractivity contribution < 1.29 is 19.1 Å². The minimum Gasteiger partial charge on any atom is -0.462 e. The van der Waals surface area contributed by atoms with E-state index in [1.165, 1.54) is 0 Å². The second-order valence-corrected chi connectivity index (χ2v) is 7.57. The van der Waals surface area contributed by atoms with Gasteiger partial charge in [-0.25, -0.2) is 4.79 Å². The molecule has 2 heterocycles. The van der Waals surface area contributed by atoms with Crippen LogP contribution in [-0.4, -0.2) is 42.5 Å². The molecular formula is C24H25N3O4. The van der Waals surface area contributed by atoms with Gasteiger partial charge in [-0.15, -0.1) is 0 Å². The maximum Gasteiger partial charge on any atom is 0.338 e. The van der Waals surface area contributed by atoms with Crippen molar-refractivity contribution in [2.45, 2.75) is 19.8 Å². The maximum absolute atomic E-state index is 12.6. The number of esters is 1. The van der Waals surface area contributed by atoms with E-state index in [0.717, 1.165) is 22.9 Å². The van der Waals surface area contributed by atoms with Gasteiger partial charge < -0.3 is 19.9 Å². The molecule has 1 fully saturated rings. The zero-order valence-corrected chi connectivity index (χ0v) is 17.4. The number of anilines is 1. The Bertz CT molecular complexity index is 1100. The number of para-hydroxylation sites is 1. The van der Waals surface area contributed by atoms with Crippen LogP contribution in [-0.2, 0) is 20.7 Å². The van der Waals surface area contributed by atoms with E-state index in [-0.39, 0.29) is 24.2 Å². The summed E-state index contributed by atoms with van der Waals surface area (Å²) < 4.78 is 4.98. The fourth-order valence-electron chi connectivity index (χ4n) is 3.93. The molecule has 0 spiro atoms. The first-order valence-electron chi connectivity index (χ1n) is 10.5. The molecule has 4 rings (SSSR count). The van der Waals surface area contributed by atoms with E-state index in [9.17, 15) is 14.4 Å². The monoisotopic (exact) mass is 419 g/mol. The summed E-state index contributed by atoms with van der Waals surface area (Å²) in [5.74, 6) is -0.992. The fraction of sp³-hybridized carbons (Fsp3) is 0.292. The van der Waals surface area contributed by atoms with E-state index in [1.54, 1.807) is 36.1 Å². The zero-order valence-electron chi connectivity index (χ0n) is 17.4. The number of ether oxygens (including phenoxy) is 1. The van der Waals surface area contributed by atoms with Crippen molar-refractivity contribution in [2.24, 2.45) is 5.92 Å². The number of nitrogens with one attached hydrogen (secondary N) is 2. The second-order valence-electron chi connectivity index (χ2n) is 7.57. The van der Waals surface area contributed by atoms with Gasteiger partial charge in [0.05, 0.1) is 18.1 Å². The molecule has 0 radical (unpaired) electrons. The highest BCUT2D eigenvalue weighted by Gasteiger charge is 2.35. The molecule has 1 aliphatic rings. The number of rotatable bonds is 7. The van der Waals surface area contributed by atoms with Crippen LogP contribution in [0.15, 0.2) is 54.7 Å². The van der Waals surface area contributed by atoms with E-state index in [0.29, 0.717) is 30.9 Å². The number of nitrogens with zero attached hydrogens (tertiary/aromatic N) is 1. The SMILES string of the molecule is CCOC(=O)c1ccc(N2C[C@H](C(=O)NCCc3c[nH]c4ccccc34)CC2=O)cc1. The first-order chi connectivity index (χ1) is 15.1. The number of aromatic nitrogens is 1. The summed E-state index contributed by atoms with van der Waals surface area (Å²) in [5, 5.41) is 4.12. The lowest BCUT2D eigenvalue weighted by atomic mass is 10.1. The molecule has 31 heavy (non-hydrogen) atoms. The van der Waals surface area contributed by atoms with Crippen LogP contribution in [0, 0.1) is 5.92 Å². The summed E-state index contributed by atoms with van der Waals surface area (Å²) in [5.41, 5.74) is 3.34. The van der Waals surface area contributed by atoms with Gasteiger partial charge in [-0.1, -0.05) is 18.2 Å². The highest BCUT2D eigenvalue weighted by molar-refractivity contribution is 6.00. The van der Waals surface area contributed by atoms with Gasteiger partial charge in [-0.3, -0.25) is 9.59 Å². The Morgan fingerprint density at radius 1 is 1.16 bits per heavy atom. The number of carbonyl (C=O) groups excluding carboxylic acids is 3. The van der Waals surface area contributed by atoms with E-state index in [4.69, 9.17) is 4.74 Å². The van der Waals surface area contributed by atoms with E-state index >= 15 is 0 Å². The molecule has 2 aromatic carbocycles. The largest absolute Gasteiger partial charge is 0.462 e. The van der Waals surface area contributed by atoms with Crippen molar-refractivity contribution in [1.82, 2.24) is 10.3 Å². The Kier molecular flexibility index (Phi) is 6.02. The minimum absolute atomic E-state index is 0.0966. The van der Waals surface area contributed by atoms with E-state index < -0.39 is 5.97 Å². The number of aromatic amines is 1. The highest BCUT2D eigenvalue weighted by Crippen LogP contribution is 2.26. The second kappa shape index (κ2) is 9.04. The van der Waals surface area contributed by atoms with Gasteiger partial charge in [0.25, 0.3) is 0 Å². The van der Waals surface area contributed by atoms with E-state index in [1.807, 2.05) is 24.4 Å². The molecular weight excluding hydrogens is 394 g/mol. The predicted octanol–water partition coefficient (Wildman–Crippen LogP) is 3.06. The van der Waals surface area contributed by atoms with Crippen LogP contribution in [0.3, 0.4) is 0 Å². The van der Waals surface area contributed by atoms with Crippen molar-refractivity contribution >= 4 is 34.4 Å². The van der Waals surface area contributed by atoms with Crippen LogP contribution in [0.5, 0.6) is 0 Å². The number of carbonyl (C=O) groups is 3. The number of benzene rings is 2. The molecule has 1 atom stereocenters. The lowest BCUT2D eigenvalue weighted by Crippen LogP contribution is -2.34. The average Bonchev–Trinajstić information content (AvgIpc) is 3.38. The Morgan fingerprint density at radius 2 is 1.94 bits per heavy atom. The third-order valence-electron chi connectivity index (χ3n) is 5.55. The van der Waals surface area contributed by atoms with E-state index in [2.05, 4.69) is 16.4 Å². The highest BCUT2D eigenvalue weighted by atomic mass is 16.5. The van der Waals surface area contributed by atoms with Crippen LogP contribution >= 0.6 is 0 Å². The standard InChI is InChI=1S/C24H25N3O4/c1-2-31-24(30)16-7-9-19(10-8-16)27-15-18(13-22(27)28)23(29)25-12-11-17-14-26-21-6-4-3-5-20(17)21/h3-10,14,18,26H,2,11-13,15H2,1H3,(H,25,29)/t18-/m1/s1. The van der Waals surface area contributed by atoms with Crippen LogP contribution in [0.1, 0.15) is 29.3 Å². The summed E-state index contributed by atoms with van der Waals surface area (Å²) in [7, 11) is 0. The molecule has 7 nitrogen and oxygen atoms in total.